The first kappa shape index (κ1) is 17.5. The predicted molar refractivity (Wildman–Crippen MR) is 85.7 cm³/mol. The minimum atomic E-state index is -0.552. The summed E-state index contributed by atoms with van der Waals surface area (Å²) in [4.78, 5) is 28.1. The van der Waals surface area contributed by atoms with Crippen LogP contribution in [0.25, 0.3) is 0 Å². The second kappa shape index (κ2) is 7.12. The number of carbonyl (C=O) groups is 2. The number of amides is 2. The van der Waals surface area contributed by atoms with E-state index >= 15 is 0 Å². The van der Waals surface area contributed by atoms with Crippen LogP contribution in [0.5, 0.6) is 0 Å². The van der Waals surface area contributed by atoms with Crippen LogP contribution in [0.1, 0.15) is 37.3 Å². The second-order valence-corrected chi connectivity index (χ2v) is 6.40. The van der Waals surface area contributed by atoms with Gasteiger partial charge in [0, 0.05) is 37.7 Å². The lowest BCUT2D eigenvalue weighted by molar-refractivity contribution is -0.143. The molecule has 0 bridgehead atoms. The van der Waals surface area contributed by atoms with Crippen LogP contribution in [0, 0.1) is 13.8 Å². The number of rotatable bonds is 5. The topological polar surface area (TPSA) is 92.7 Å². The SMILES string of the molecule is Cc1noc(C)c1CCC(=O)N1CCN(C(C)C)CC1C(N)=O. The van der Waals surface area contributed by atoms with Gasteiger partial charge in [-0.2, -0.15) is 0 Å². The van der Waals surface area contributed by atoms with Gasteiger partial charge in [-0.15, -0.1) is 0 Å². The van der Waals surface area contributed by atoms with Gasteiger partial charge >= 0.3 is 0 Å². The molecule has 1 atom stereocenters. The van der Waals surface area contributed by atoms with E-state index in [1.807, 2.05) is 13.8 Å². The van der Waals surface area contributed by atoms with Crippen molar-refractivity contribution >= 4 is 11.8 Å². The first-order chi connectivity index (χ1) is 10.8. The molecule has 2 heterocycles. The fraction of sp³-hybridized carbons (Fsp3) is 0.688. The molecule has 1 fully saturated rings. The molecule has 7 nitrogen and oxygen atoms in total. The third-order valence-electron chi connectivity index (χ3n) is 4.56. The van der Waals surface area contributed by atoms with Gasteiger partial charge in [0.15, 0.2) is 0 Å². The number of nitrogens with zero attached hydrogens (tertiary/aromatic N) is 3. The summed E-state index contributed by atoms with van der Waals surface area (Å²) in [5.41, 5.74) is 7.29. The van der Waals surface area contributed by atoms with Crippen LogP contribution >= 0.6 is 0 Å². The van der Waals surface area contributed by atoms with Crippen molar-refractivity contribution in [1.29, 1.82) is 0 Å². The molecule has 0 aromatic carbocycles. The predicted octanol–water partition coefficient (Wildman–Crippen LogP) is 0.631. The Balaban J connectivity index is 2.01. The fourth-order valence-electron chi connectivity index (χ4n) is 3.05. The van der Waals surface area contributed by atoms with Crippen LogP contribution in [-0.4, -0.2) is 58.5 Å². The van der Waals surface area contributed by atoms with Gasteiger partial charge in [-0.25, -0.2) is 0 Å². The maximum absolute atomic E-state index is 12.6. The summed E-state index contributed by atoms with van der Waals surface area (Å²) in [7, 11) is 0. The molecular weight excluding hydrogens is 296 g/mol. The fourth-order valence-corrected chi connectivity index (χ4v) is 3.05. The van der Waals surface area contributed by atoms with E-state index in [1.165, 1.54) is 0 Å². The molecule has 1 saturated heterocycles. The molecule has 128 valence electrons. The van der Waals surface area contributed by atoms with E-state index in [0.29, 0.717) is 32.0 Å². The summed E-state index contributed by atoms with van der Waals surface area (Å²) in [6, 6.07) is -0.222. The molecule has 23 heavy (non-hydrogen) atoms. The molecule has 1 unspecified atom stereocenters. The molecule has 2 rings (SSSR count). The van der Waals surface area contributed by atoms with E-state index in [4.69, 9.17) is 10.3 Å². The Kier molecular flexibility index (Phi) is 5.41. The normalized spacial score (nSPS) is 19.3. The highest BCUT2D eigenvalue weighted by Gasteiger charge is 2.34. The van der Waals surface area contributed by atoms with Gasteiger partial charge in [0.25, 0.3) is 0 Å². The summed E-state index contributed by atoms with van der Waals surface area (Å²) >= 11 is 0. The number of hydrogen-bond acceptors (Lipinski definition) is 5. The van der Waals surface area contributed by atoms with Gasteiger partial charge in [-0.3, -0.25) is 14.5 Å². The van der Waals surface area contributed by atoms with Crippen molar-refractivity contribution in [3.63, 3.8) is 0 Å². The van der Waals surface area contributed by atoms with E-state index in [9.17, 15) is 9.59 Å². The van der Waals surface area contributed by atoms with Crippen LogP contribution in [-0.2, 0) is 16.0 Å². The number of aromatic nitrogens is 1. The Morgan fingerprint density at radius 2 is 2.04 bits per heavy atom. The lowest BCUT2D eigenvalue weighted by atomic mass is 10.1. The molecule has 0 aliphatic carbocycles. The number of carbonyl (C=O) groups excluding carboxylic acids is 2. The van der Waals surface area contributed by atoms with Crippen molar-refractivity contribution in [2.75, 3.05) is 19.6 Å². The average molecular weight is 322 g/mol. The van der Waals surface area contributed by atoms with Crippen LogP contribution in [0.15, 0.2) is 4.52 Å². The van der Waals surface area contributed by atoms with E-state index < -0.39 is 11.9 Å². The molecule has 1 aliphatic heterocycles. The summed E-state index contributed by atoms with van der Waals surface area (Å²) in [6.45, 7) is 9.66. The van der Waals surface area contributed by atoms with Gasteiger partial charge in [0.05, 0.1) is 5.69 Å². The van der Waals surface area contributed by atoms with Crippen molar-refractivity contribution < 1.29 is 14.1 Å². The number of piperazine rings is 1. The Morgan fingerprint density at radius 3 is 2.57 bits per heavy atom. The van der Waals surface area contributed by atoms with E-state index in [0.717, 1.165) is 23.6 Å². The summed E-state index contributed by atoms with van der Waals surface area (Å²) in [5, 5.41) is 3.90. The standard InChI is InChI=1S/C16H26N4O3/c1-10(2)19-7-8-20(14(9-19)16(17)22)15(21)6-5-13-11(3)18-23-12(13)4/h10,14H,5-9H2,1-4H3,(H2,17,22). The molecule has 0 saturated carbocycles. The van der Waals surface area contributed by atoms with Crippen molar-refractivity contribution in [1.82, 2.24) is 15.0 Å². The van der Waals surface area contributed by atoms with Crippen LogP contribution in [0.4, 0.5) is 0 Å². The third-order valence-corrected chi connectivity index (χ3v) is 4.56. The lowest BCUT2D eigenvalue weighted by Crippen LogP contribution is -2.61. The summed E-state index contributed by atoms with van der Waals surface area (Å²) in [6.07, 6.45) is 0.893. The van der Waals surface area contributed by atoms with Gasteiger partial charge < -0.3 is 15.2 Å². The van der Waals surface area contributed by atoms with Gasteiger partial charge in [0.2, 0.25) is 11.8 Å². The zero-order valence-electron chi connectivity index (χ0n) is 14.3. The maximum atomic E-state index is 12.6. The first-order valence-electron chi connectivity index (χ1n) is 8.05. The molecule has 7 heteroatoms. The van der Waals surface area contributed by atoms with Gasteiger partial charge in [-0.1, -0.05) is 5.16 Å². The monoisotopic (exact) mass is 322 g/mol. The Labute approximate surface area is 136 Å². The minimum Gasteiger partial charge on any atom is -0.368 e. The Morgan fingerprint density at radius 1 is 1.35 bits per heavy atom. The Hall–Kier alpha value is -1.89. The minimum absolute atomic E-state index is 0.0443. The average Bonchev–Trinajstić information content (AvgIpc) is 2.82. The smallest absolute Gasteiger partial charge is 0.241 e. The molecule has 2 amide bonds. The van der Waals surface area contributed by atoms with Crippen LogP contribution in [0.2, 0.25) is 0 Å². The molecule has 0 radical (unpaired) electrons. The van der Waals surface area contributed by atoms with Crippen molar-refractivity contribution in [2.45, 2.75) is 52.6 Å². The summed E-state index contributed by atoms with van der Waals surface area (Å²) < 4.78 is 5.12. The number of primary amides is 1. The third kappa shape index (κ3) is 3.90. The van der Waals surface area contributed by atoms with E-state index in [1.54, 1.807) is 4.90 Å². The zero-order valence-corrected chi connectivity index (χ0v) is 14.3. The Bertz CT molecular complexity index is 562. The highest BCUT2D eigenvalue weighted by atomic mass is 16.5. The van der Waals surface area contributed by atoms with Crippen molar-refractivity contribution in [3.8, 4) is 0 Å². The van der Waals surface area contributed by atoms with E-state index in [2.05, 4.69) is 23.9 Å². The van der Waals surface area contributed by atoms with Gasteiger partial charge in [-0.05, 0) is 34.1 Å². The first-order valence-corrected chi connectivity index (χ1v) is 8.05. The number of aryl methyl sites for hydroxylation is 2. The summed E-state index contributed by atoms with van der Waals surface area (Å²) in [5.74, 6) is 0.254. The van der Waals surface area contributed by atoms with Crippen molar-refractivity contribution in [2.24, 2.45) is 5.73 Å². The number of hydrogen-bond donors (Lipinski definition) is 1. The maximum Gasteiger partial charge on any atom is 0.241 e. The highest BCUT2D eigenvalue weighted by molar-refractivity contribution is 5.87. The lowest BCUT2D eigenvalue weighted by Gasteiger charge is -2.41. The van der Waals surface area contributed by atoms with Gasteiger partial charge in [0.1, 0.15) is 11.8 Å². The van der Waals surface area contributed by atoms with Crippen LogP contribution in [0.3, 0.4) is 0 Å². The highest BCUT2D eigenvalue weighted by Crippen LogP contribution is 2.18. The molecule has 1 aromatic heterocycles. The number of nitrogens with two attached hydrogens (primary N) is 1. The second-order valence-electron chi connectivity index (χ2n) is 6.40. The van der Waals surface area contributed by atoms with Crippen molar-refractivity contribution in [3.05, 3.63) is 17.0 Å². The molecule has 2 N–H and O–H groups in total. The molecule has 1 aliphatic rings. The van der Waals surface area contributed by atoms with E-state index in [-0.39, 0.29) is 5.91 Å². The molecular formula is C16H26N4O3. The van der Waals surface area contributed by atoms with Crippen LogP contribution < -0.4 is 5.73 Å². The largest absolute Gasteiger partial charge is 0.368 e. The molecule has 1 aromatic rings. The molecule has 0 spiro atoms. The zero-order chi connectivity index (χ0) is 17.1. The quantitative estimate of drug-likeness (QED) is 0.858.